The number of carbonyl (C=O) groups is 3. The number of benzene rings is 3. The van der Waals surface area contributed by atoms with Gasteiger partial charge in [0.05, 0.1) is 11.6 Å². The van der Waals surface area contributed by atoms with Crippen LogP contribution in [0.25, 0.3) is 34.2 Å². The zero-order chi connectivity index (χ0) is 33.7. The van der Waals surface area contributed by atoms with Gasteiger partial charge in [-0.1, -0.05) is 41.1 Å². The van der Waals surface area contributed by atoms with Crippen molar-refractivity contribution in [3.63, 3.8) is 0 Å². The van der Waals surface area contributed by atoms with Crippen LogP contribution in [-0.4, -0.2) is 44.9 Å². The Morgan fingerprint density at radius 1 is 0.979 bits per heavy atom. The van der Waals surface area contributed by atoms with Crippen LogP contribution in [0.4, 0.5) is 10.5 Å². The average molecular weight is 634 g/mol. The molecule has 0 aliphatic heterocycles. The number of carboxylic acid groups (broad SMARTS) is 1. The Balaban J connectivity index is 1.26. The van der Waals surface area contributed by atoms with E-state index in [2.05, 4.69) is 26.8 Å². The van der Waals surface area contributed by atoms with Crippen LogP contribution in [0.2, 0.25) is 0 Å². The molecule has 238 valence electrons. The lowest BCUT2D eigenvalue weighted by Crippen LogP contribution is -2.42. The minimum atomic E-state index is -1.29. The number of aryl methyl sites for hydroxylation is 1. The first-order chi connectivity index (χ1) is 22.4. The van der Waals surface area contributed by atoms with Gasteiger partial charge in [0, 0.05) is 28.8 Å². The molecule has 0 aliphatic rings. The Labute approximate surface area is 270 Å². The number of anilines is 1. The second-order valence-corrected chi connectivity index (χ2v) is 11.7. The molecular weight excluding hydrogens is 602 g/mol. The third kappa shape index (κ3) is 8.09. The molecule has 3 aromatic carbocycles. The highest BCUT2D eigenvalue weighted by atomic mass is 16.6. The molecular formula is C35H31N5O7. The molecule has 1 unspecified atom stereocenters. The van der Waals surface area contributed by atoms with Gasteiger partial charge in [-0.2, -0.15) is 10.2 Å². The minimum Gasteiger partial charge on any atom is -0.480 e. The molecule has 47 heavy (non-hydrogen) atoms. The summed E-state index contributed by atoms with van der Waals surface area (Å²) in [7, 11) is 0. The van der Waals surface area contributed by atoms with Crippen molar-refractivity contribution in [2.75, 3.05) is 5.32 Å². The number of hydrogen-bond acceptors (Lipinski definition) is 9. The first kappa shape index (κ1) is 32.2. The van der Waals surface area contributed by atoms with Crippen molar-refractivity contribution in [1.29, 1.82) is 5.26 Å². The quantitative estimate of drug-likeness (QED) is 0.160. The largest absolute Gasteiger partial charge is 0.480 e. The molecule has 1 atom stereocenters. The molecule has 5 rings (SSSR count). The highest BCUT2D eigenvalue weighted by molar-refractivity contribution is 5.95. The summed E-state index contributed by atoms with van der Waals surface area (Å²) in [6, 6.07) is 22.9. The lowest BCUT2D eigenvalue weighted by atomic mass is 9.99. The second-order valence-electron chi connectivity index (χ2n) is 11.7. The summed E-state index contributed by atoms with van der Waals surface area (Å²) < 4.78 is 16.4. The van der Waals surface area contributed by atoms with Crippen LogP contribution in [0.5, 0.6) is 0 Å². The summed E-state index contributed by atoms with van der Waals surface area (Å²) in [6.07, 6.45) is -0.678. The third-order valence-corrected chi connectivity index (χ3v) is 6.86. The summed E-state index contributed by atoms with van der Waals surface area (Å²) in [5.41, 5.74) is 3.39. The fraction of sp³-hybridized carbons (Fsp3) is 0.200. The van der Waals surface area contributed by atoms with Gasteiger partial charge >= 0.3 is 12.1 Å². The molecule has 0 bridgehead atoms. The van der Waals surface area contributed by atoms with Crippen LogP contribution >= 0.6 is 0 Å². The smallest absolute Gasteiger partial charge is 0.412 e. The number of hydrogen-bond donors (Lipinski definition) is 3. The van der Waals surface area contributed by atoms with Crippen LogP contribution in [0.1, 0.15) is 48.0 Å². The topological polar surface area (TPSA) is 181 Å². The summed E-state index contributed by atoms with van der Waals surface area (Å²) in [4.78, 5) is 41.4. The highest BCUT2D eigenvalue weighted by Gasteiger charge is 2.24. The van der Waals surface area contributed by atoms with Gasteiger partial charge < -0.3 is 24.1 Å². The van der Waals surface area contributed by atoms with E-state index in [1.54, 1.807) is 63.2 Å². The highest BCUT2D eigenvalue weighted by Crippen LogP contribution is 2.27. The molecule has 0 radical (unpaired) electrons. The number of carboxylic acids is 1. The summed E-state index contributed by atoms with van der Waals surface area (Å²) in [6.45, 7) is 7.27. The monoisotopic (exact) mass is 633 g/mol. The van der Waals surface area contributed by atoms with Crippen molar-refractivity contribution in [2.45, 2.75) is 45.8 Å². The Bertz CT molecular complexity index is 1960. The van der Waals surface area contributed by atoms with Crippen LogP contribution < -0.4 is 10.6 Å². The number of rotatable bonds is 9. The Morgan fingerprint density at radius 3 is 2.34 bits per heavy atom. The van der Waals surface area contributed by atoms with E-state index in [0.29, 0.717) is 28.1 Å². The van der Waals surface area contributed by atoms with Gasteiger partial charge in [-0.15, -0.1) is 0 Å². The van der Waals surface area contributed by atoms with Gasteiger partial charge in [-0.05, 0) is 81.8 Å². The second kappa shape index (κ2) is 13.4. The zero-order valence-corrected chi connectivity index (χ0v) is 26.0. The van der Waals surface area contributed by atoms with Crippen molar-refractivity contribution in [1.82, 2.24) is 15.5 Å². The van der Waals surface area contributed by atoms with E-state index in [-0.39, 0.29) is 29.5 Å². The lowest BCUT2D eigenvalue weighted by Gasteiger charge is -2.19. The predicted octanol–water partition coefficient (Wildman–Crippen LogP) is 6.62. The Morgan fingerprint density at radius 2 is 1.68 bits per heavy atom. The van der Waals surface area contributed by atoms with Gasteiger partial charge in [-0.25, -0.2) is 9.59 Å². The lowest BCUT2D eigenvalue weighted by molar-refractivity contribution is -0.139. The van der Waals surface area contributed by atoms with E-state index in [0.717, 1.165) is 11.1 Å². The van der Waals surface area contributed by atoms with E-state index in [4.69, 9.17) is 13.7 Å². The minimum absolute atomic E-state index is 0.0262. The molecule has 2 aromatic heterocycles. The molecule has 2 amide bonds. The van der Waals surface area contributed by atoms with E-state index in [1.165, 1.54) is 12.1 Å². The maximum absolute atomic E-state index is 12.9. The fourth-order valence-corrected chi connectivity index (χ4v) is 4.57. The number of ether oxygens (including phenoxy) is 1. The average Bonchev–Trinajstić information content (AvgIpc) is 3.72. The summed E-state index contributed by atoms with van der Waals surface area (Å²) in [5, 5.41) is 28.9. The molecule has 12 nitrogen and oxygen atoms in total. The summed E-state index contributed by atoms with van der Waals surface area (Å²) >= 11 is 0. The molecule has 0 saturated heterocycles. The van der Waals surface area contributed by atoms with Gasteiger partial charge in [0.2, 0.25) is 5.82 Å². The maximum atomic E-state index is 12.9. The summed E-state index contributed by atoms with van der Waals surface area (Å²) in [5.74, 6) is -1.13. The molecule has 5 aromatic rings. The van der Waals surface area contributed by atoms with E-state index in [1.807, 2.05) is 31.2 Å². The first-order valence-corrected chi connectivity index (χ1v) is 14.6. The predicted molar refractivity (Wildman–Crippen MR) is 171 cm³/mol. The van der Waals surface area contributed by atoms with E-state index < -0.39 is 29.6 Å². The van der Waals surface area contributed by atoms with Gasteiger partial charge in [0.15, 0.2) is 5.76 Å². The fourth-order valence-electron chi connectivity index (χ4n) is 4.57. The SMILES string of the molecule is Cc1ccc(-c2ccc(C(=O)NC(Cc3ccc(-c4noc(-c5ccc(NC(=O)OC(C)(C)C)cc5)n4)c(C#N)c3)C(=O)O)o2)cc1. The number of amides is 2. The maximum Gasteiger partial charge on any atom is 0.412 e. The van der Waals surface area contributed by atoms with Gasteiger partial charge in [-0.3, -0.25) is 10.1 Å². The third-order valence-electron chi connectivity index (χ3n) is 6.86. The van der Waals surface area contributed by atoms with Crippen molar-refractivity contribution in [3.05, 3.63) is 101 Å². The molecule has 12 heteroatoms. The van der Waals surface area contributed by atoms with Crippen molar-refractivity contribution < 1.29 is 33.2 Å². The van der Waals surface area contributed by atoms with E-state index >= 15 is 0 Å². The van der Waals surface area contributed by atoms with Crippen LogP contribution in [0, 0.1) is 18.3 Å². The molecule has 0 spiro atoms. The van der Waals surface area contributed by atoms with Crippen molar-refractivity contribution in [2.24, 2.45) is 0 Å². The van der Waals surface area contributed by atoms with Crippen molar-refractivity contribution >= 4 is 23.7 Å². The van der Waals surface area contributed by atoms with E-state index in [9.17, 15) is 24.8 Å². The Hall–Kier alpha value is -6.22. The number of nitrogens with zero attached hydrogens (tertiary/aromatic N) is 3. The number of carbonyl (C=O) groups excluding carboxylic acids is 2. The molecule has 3 N–H and O–H groups in total. The standard InChI is InChI=1S/C35H31N5O7/c1-20-5-8-22(9-6-20)28-15-16-29(45-28)31(41)38-27(33(42)43)18-21-7-14-26(24(17-21)19-36)30-39-32(47-40-30)23-10-12-25(13-11-23)37-34(44)46-35(2,3)4/h5-17,27H,18H2,1-4H3,(H,37,44)(H,38,41)(H,42,43). The van der Waals surface area contributed by atoms with Crippen LogP contribution in [0.3, 0.4) is 0 Å². The molecule has 0 aliphatic carbocycles. The van der Waals surface area contributed by atoms with Crippen molar-refractivity contribution in [3.8, 4) is 40.2 Å². The molecule has 0 fully saturated rings. The number of furan rings is 1. The number of nitrogens with one attached hydrogen (secondary N) is 2. The molecule has 0 saturated carbocycles. The number of aromatic nitrogens is 2. The van der Waals surface area contributed by atoms with Gasteiger partial charge in [0.25, 0.3) is 11.8 Å². The van der Waals surface area contributed by atoms with Crippen LogP contribution in [0.15, 0.2) is 87.8 Å². The first-order valence-electron chi connectivity index (χ1n) is 14.6. The zero-order valence-electron chi connectivity index (χ0n) is 26.0. The molecule has 2 heterocycles. The van der Waals surface area contributed by atoms with Gasteiger partial charge in [0.1, 0.15) is 17.4 Å². The normalized spacial score (nSPS) is 11.7. The number of nitriles is 1. The Kier molecular flexibility index (Phi) is 9.19. The number of aliphatic carboxylic acids is 1. The van der Waals surface area contributed by atoms with Crippen LogP contribution in [-0.2, 0) is 16.0 Å².